The number of rotatable bonds is 3. The van der Waals surface area contributed by atoms with Crippen LogP contribution in [0.5, 0.6) is 0 Å². The number of aromatic nitrogens is 2. The highest BCUT2D eigenvalue weighted by atomic mass is 32.2. The van der Waals surface area contributed by atoms with E-state index in [9.17, 15) is 18.1 Å². The molecule has 132 valence electrons. The molecule has 1 heterocycles. The number of sulfone groups is 1. The van der Waals surface area contributed by atoms with Gasteiger partial charge in [-0.05, 0) is 37.0 Å². The second-order valence-corrected chi connectivity index (χ2v) is 8.76. The summed E-state index contributed by atoms with van der Waals surface area (Å²) in [4.78, 5) is 0.224. The normalized spacial score (nSPS) is 14.5. The largest absolute Gasteiger partial charge is 0.277 e. The summed E-state index contributed by atoms with van der Waals surface area (Å²) >= 11 is 0. The van der Waals surface area contributed by atoms with Gasteiger partial charge in [-0.2, -0.15) is 10.4 Å². The summed E-state index contributed by atoms with van der Waals surface area (Å²) in [6.07, 6.45) is 3.19. The van der Waals surface area contributed by atoms with Gasteiger partial charge < -0.3 is 0 Å². The van der Waals surface area contributed by atoms with E-state index in [-0.39, 0.29) is 10.5 Å². The van der Waals surface area contributed by atoms with E-state index in [0.29, 0.717) is 28.1 Å². The van der Waals surface area contributed by atoms with Crippen LogP contribution in [0, 0.1) is 24.1 Å². The van der Waals surface area contributed by atoms with Crippen LogP contribution in [0.1, 0.15) is 35.6 Å². The highest BCUT2D eigenvalue weighted by Gasteiger charge is 2.31. The lowest BCUT2D eigenvalue weighted by Crippen LogP contribution is -2.01. The van der Waals surface area contributed by atoms with Crippen LogP contribution < -0.4 is 0 Å². The number of halogens is 1. The van der Waals surface area contributed by atoms with Crippen LogP contribution in [0.15, 0.2) is 29.2 Å². The molecule has 0 aliphatic heterocycles. The van der Waals surface area contributed by atoms with E-state index < -0.39 is 15.7 Å². The zero-order valence-electron chi connectivity index (χ0n) is 14.3. The Morgan fingerprint density at radius 2 is 2.04 bits per heavy atom. The predicted octanol–water partition coefficient (Wildman–Crippen LogP) is 3.83. The van der Waals surface area contributed by atoms with Crippen LogP contribution >= 0.6 is 0 Å². The number of hydrogen-bond acceptors (Lipinski definition) is 4. The van der Waals surface area contributed by atoms with Gasteiger partial charge in [0.1, 0.15) is 11.9 Å². The molecule has 1 N–H and O–H groups in total. The van der Waals surface area contributed by atoms with Crippen LogP contribution in [0.4, 0.5) is 4.39 Å². The molecule has 0 saturated heterocycles. The molecule has 0 unspecified atom stereocenters. The minimum atomic E-state index is -3.36. The quantitative estimate of drug-likeness (QED) is 0.760. The highest BCUT2D eigenvalue weighted by Crippen LogP contribution is 2.45. The van der Waals surface area contributed by atoms with Crippen molar-refractivity contribution in [3.63, 3.8) is 0 Å². The zero-order valence-corrected chi connectivity index (χ0v) is 15.1. The minimum Gasteiger partial charge on any atom is -0.277 e. The number of hydrogen-bond donors (Lipinski definition) is 1. The van der Waals surface area contributed by atoms with Crippen molar-refractivity contribution < 1.29 is 12.8 Å². The van der Waals surface area contributed by atoms with Crippen molar-refractivity contribution in [2.75, 3.05) is 6.26 Å². The summed E-state index contributed by atoms with van der Waals surface area (Å²) in [5, 5.41) is 17.5. The number of nitrogens with one attached hydrogen (secondary N) is 1. The highest BCUT2D eigenvalue weighted by molar-refractivity contribution is 7.90. The average molecular weight is 369 g/mol. The molecule has 2 aromatic carbocycles. The van der Waals surface area contributed by atoms with E-state index in [1.807, 2.05) is 6.07 Å². The molecule has 1 saturated carbocycles. The molecule has 1 aliphatic rings. The van der Waals surface area contributed by atoms with E-state index in [1.165, 1.54) is 12.1 Å². The van der Waals surface area contributed by atoms with Crippen molar-refractivity contribution in [2.24, 2.45) is 0 Å². The Kier molecular flexibility index (Phi) is 3.63. The summed E-state index contributed by atoms with van der Waals surface area (Å²) in [5.74, 6) is -0.304. The first-order valence-corrected chi connectivity index (χ1v) is 10.1. The first-order valence-electron chi connectivity index (χ1n) is 8.23. The van der Waals surface area contributed by atoms with E-state index in [4.69, 9.17) is 0 Å². The Morgan fingerprint density at radius 1 is 1.31 bits per heavy atom. The SMILES string of the molecule is Cc1cc(-c2c(C#N)c(F)cc3[nH]nc(C4CC4)c23)ccc1S(C)(=O)=O. The molecular weight excluding hydrogens is 353 g/mol. The molecule has 0 spiro atoms. The van der Waals surface area contributed by atoms with Gasteiger partial charge in [0.25, 0.3) is 0 Å². The minimum absolute atomic E-state index is 0.0488. The standard InChI is InChI=1S/C19H16FN3O2S/c1-10-7-12(5-6-16(10)26(2,24)25)17-13(9-21)14(20)8-15-18(17)19(23-22-15)11-3-4-11/h5-8,11H,3-4H2,1-2H3,(H,22,23). The molecule has 7 heteroatoms. The topological polar surface area (TPSA) is 86.6 Å². The van der Waals surface area contributed by atoms with Crippen molar-refractivity contribution in [1.29, 1.82) is 5.26 Å². The van der Waals surface area contributed by atoms with E-state index in [2.05, 4.69) is 10.2 Å². The Labute approximate surface area is 150 Å². The second-order valence-electron chi connectivity index (χ2n) is 6.78. The fraction of sp³-hybridized carbons (Fsp3) is 0.263. The third-order valence-corrected chi connectivity index (χ3v) is 6.03. The summed E-state index contributed by atoms with van der Waals surface area (Å²) < 4.78 is 38.2. The zero-order chi connectivity index (χ0) is 18.6. The maximum absolute atomic E-state index is 14.5. The molecule has 0 amide bonds. The van der Waals surface area contributed by atoms with Crippen molar-refractivity contribution in [3.8, 4) is 17.2 Å². The molecule has 3 aromatic rings. The fourth-order valence-corrected chi connectivity index (χ4v) is 4.41. The van der Waals surface area contributed by atoms with Crippen LogP contribution in [-0.2, 0) is 9.84 Å². The van der Waals surface area contributed by atoms with E-state index in [1.54, 1.807) is 19.1 Å². The maximum atomic E-state index is 14.5. The molecular formula is C19H16FN3O2S. The predicted molar refractivity (Wildman–Crippen MR) is 96.0 cm³/mol. The summed E-state index contributed by atoms with van der Waals surface area (Å²) in [7, 11) is -3.36. The molecule has 1 aromatic heterocycles. The van der Waals surface area contributed by atoms with Crippen molar-refractivity contribution in [3.05, 3.63) is 46.9 Å². The molecule has 0 atom stereocenters. The van der Waals surface area contributed by atoms with Crippen molar-refractivity contribution in [2.45, 2.75) is 30.6 Å². The number of nitriles is 1. The van der Waals surface area contributed by atoms with Crippen LogP contribution in [0.3, 0.4) is 0 Å². The van der Waals surface area contributed by atoms with Crippen LogP contribution in [-0.4, -0.2) is 24.9 Å². The Hall–Kier alpha value is -2.72. The third-order valence-electron chi connectivity index (χ3n) is 4.77. The molecule has 0 radical (unpaired) electrons. The van der Waals surface area contributed by atoms with Gasteiger partial charge in [0, 0.05) is 29.2 Å². The van der Waals surface area contributed by atoms with Crippen LogP contribution in [0.2, 0.25) is 0 Å². The van der Waals surface area contributed by atoms with Gasteiger partial charge in [-0.3, -0.25) is 5.10 Å². The number of aryl methyl sites for hydroxylation is 1. The fourth-order valence-electron chi connectivity index (χ4n) is 3.45. The van der Waals surface area contributed by atoms with Gasteiger partial charge in [-0.25, -0.2) is 12.8 Å². The van der Waals surface area contributed by atoms with Gasteiger partial charge in [0.15, 0.2) is 9.84 Å². The van der Waals surface area contributed by atoms with Crippen molar-refractivity contribution in [1.82, 2.24) is 10.2 Å². The number of fused-ring (bicyclic) bond motifs is 1. The lowest BCUT2D eigenvalue weighted by atomic mass is 9.93. The summed E-state index contributed by atoms with van der Waals surface area (Å²) in [6, 6.07) is 8.09. The first kappa shape index (κ1) is 16.7. The average Bonchev–Trinajstić information content (AvgIpc) is 3.32. The number of aromatic amines is 1. The van der Waals surface area contributed by atoms with Crippen LogP contribution in [0.25, 0.3) is 22.0 Å². The van der Waals surface area contributed by atoms with Gasteiger partial charge in [0.05, 0.1) is 21.7 Å². The lowest BCUT2D eigenvalue weighted by molar-refractivity contribution is 0.601. The van der Waals surface area contributed by atoms with Gasteiger partial charge in [-0.1, -0.05) is 12.1 Å². The Balaban J connectivity index is 2.06. The van der Waals surface area contributed by atoms with Gasteiger partial charge in [0.2, 0.25) is 0 Å². The number of nitrogens with zero attached hydrogens (tertiary/aromatic N) is 2. The van der Waals surface area contributed by atoms with Gasteiger partial charge >= 0.3 is 0 Å². The number of benzene rings is 2. The van der Waals surface area contributed by atoms with Gasteiger partial charge in [-0.15, -0.1) is 0 Å². The molecule has 4 rings (SSSR count). The van der Waals surface area contributed by atoms with E-state index in [0.717, 1.165) is 30.2 Å². The molecule has 0 bridgehead atoms. The Bertz CT molecular complexity index is 1200. The van der Waals surface area contributed by atoms with Crippen molar-refractivity contribution >= 4 is 20.7 Å². The third kappa shape index (κ3) is 2.58. The molecule has 1 aliphatic carbocycles. The smallest absolute Gasteiger partial charge is 0.175 e. The molecule has 1 fully saturated rings. The maximum Gasteiger partial charge on any atom is 0.175 e. The summed E-state index contributed by atoms with van der Waals surface area (Å²) in [5.41, 5.74) is 2.98. The molecule has 5 nitrogen and oxygen atoms in total. The second kappa shape index (κ2) is 5.64. The van der Waals surface area contributed by atoms with E-state index >= 15 is 0 Å². The lowest BCUT2D eigenvalue weighted by Gasteiger charge is -2.11. The summed E-state index contributed by atoms with van der Waals surface area (Å²) in [6.45, 7) is 1.69. The molecule has 26 heavy (non-hydrogen) atoms. The Morgan fingerprint density at radius 3 is 2.62 bits per heavy atom. The number of H-pyrrole nitrogens is 1. The monoisotopic (exact) mass is 369 g/mol. The first-order chi connectivity index (χ1) is 12.3.